The monoisotopic (exact) mass is 1920 g/mol. The molecule has 0 radical (unpaired) electrons. The van der Waals surface area contributed by atoms with Gasteiger partial charge in [0, 0.05) is 61.0 Å². The van der Waals surface area contributed by atoms with Crippen molar-refractivity contribution in [2.75, 3.05) is 13.7 Å². The molecule has 11 aliphatic rings. The third-order valence-electron chi connectivity index (χ3n) is 26.3. The van der Waals surface area contributed by atoms with Crippen LogP contribution < -0.4 is 62.5 Å². The number of nitrogens with one attached hydrogen (secondary N) is 8. The average Bonchev–Trinajstić information content (AvgIpc) is 0.761. The summed E-state index contributed by atoms with van der Waals surface area (Å²) in [6.07, 6.45) is -19.0. The molecule has 10 amide bonds. The van der Waals surface area contributed by atoms with Crippen LogP contribution in [-0.2, 0) is 75.3 Å². The molecule has 6 fully saturated rings. The smallest absolute Gasteiger partial charge is 0.410 e. The Morgan fingerprint density at radius 2 is 1.24 bits per heavy atom. The standard InChI is InChI=1S/C93H103ClN12O31/c1-39(2)21-59(104(6)92(125)131-38-43-9-16-53(17-10-43)106(128)129)84(118)101-74-76(112)47-12-19-62(40(3)22-47)133-64-30-51-31-65(80(64)137-90-81(79(115)78(114)66(36-107)135-90)136-68-35-93(5,82(116)41(4)132-68)103-91(124)130-37-42-7-14-52(15-8-42)105(126)127)134-63-20-13-48(29-57(63)94)77(113)75-89(123)100-73(87(121)97-70-49-24-44-23-45(26-49)27-50(70)25-44)56-32-54(108)33-61(110)69(56)55-28-46(11-18-60(55)109)71(85(119)102-75)99-86(120)72(51)98-83(117)58(34-67(95)111)96-88(74)122/h7-20,22,28-33,39,41,44-45,49-50,58-59,66,68,70-79,81-82,90,107-110,112-116H,21,23-27,34-38H2,1-6H3,(H2,95,111)(H,96,122)(H,97,121)(H,98,117)(H,99,120)(H,100,123)(H,101,118)(H,102,119)(H,103,124)/t41-,44?,45?,49?,50?,58-,59+,66+,68-,70?,71+,72+,73-,74+,75-,76+,77+,78+,79-,81+,82+,90-,93-/m0/s1. The molecule has 43 nitrogen and oxygen atoms in total. The molecule has 0 unspecified atom stereocenters. The Kier molecular flexibility index (Phi) is 28.8. The normalized spacial score (nSPS) is 28.5. The number of nitro groups is 2. The summed E-state index contributed by atoms with van der Waals surface area (Å²) in [5, 5.41) is 152. The van der Waals surface area contributed by atoms with Crippen LogP contribution in [0.15, 0.2) is 127 Å². The number of aliphatic hydroxyl groups excluding tert-OH is 6. The number of hydrogen-bond acceptors (Lipinski definition) is 31. The van der Waals surface area contributed by atoms with Crippen LogP contribution in [0.3, 0.4) is 0 Å². The second-order valence-corrected chi connectivity index (χ2v) is 36.9. The number of non-ortho nitro benzene ring substituents is 2. The number of ether oxygens (including phenoxy) is 8. The van der Waals surface area contributed by atoms with E-state index < -0.39 is 280 Å². The summed E-state index contributed by atoms with van der Waals surface area (Å²) in [6, 6.07) is 9.09. The quantitative estimate of drug-likeness (QED) is 0.0314. The third-order valence-corrected chi connectivity index (χ3v) is 26.6. The molecule has 0 spiro atoms. The van der Waals surface area contributed by atoms with Gasteiger partial charge >= 0.3 is 12.2 Å². The van der Waals surface area contributed by atoms with Crippen molar-refractivity contribution in [3.05, 3.63) is 197 Å². The first-order valence-corrected chi connectivity index (χ1v) is 44.6. The molecule has 15 bridgehead atoms. The molecule has 2 saturated heterocycles. The van der Waals surface area contributed by atoms with Crippen molar-refractivity contribution in [3.8, 4) is 57.1 Å². The topological polar surface area (TPSA) is 638 Å². The Balaban J connectivity index is 0.871. The zero-order valence-electron chi connectivity index (χ0n) is 74.5. The highest BCUT2D eigenvalue weighted by Crippen LogP contribution is 2.55. The van der Waals surface area contributed by atoms with E-state index in [0.29, 0.717) is 23.0 Å². The van der Waals surface area contributed by atoms with Gasteiger partial charge in [-0.1, -0.05) is 43.6 Å². The number of halogens is 1. The molecule has 7 heterocycles. The van der Waals surface area contributed by atoms with E-state index in [0.717, 1.165) is 91.6 Å². The maximum Gasteiger partial charge on any atom is 0.410 e. The number of aromatic hydroxyl groups is 3. The average molecular weight is 1920 g/mol. The van der Waals surface area contributed by atoms with E-state index in [1.807, 2.05) is 0 Å². The Labute approximate surface area is 785 Å². The van der Waals surface area contributed by atoms with Crippen LogP contribution in [0.2, 0.25) is 5.02 Å². The molecule has 18 atom stereocenters. The number of aliphatic hydroxyl groups is 6. The highest BCUT2D eigenvalue weighted by molar-refractivity contribution is 6.32. The molecule has 4 saturated carbocycles. The summed E-state index contributed by atoms with van der Waals surface area (Å²) in [4.78, 5) is 174. The number of nitrogens with two attached hydrogens (primary N) is 1. The van der Waals surface area contributed by atoms with E-state index in [4.69, 9.17) is 55.2 Å². The van der Waals surface area contributed by atoms with Crippen LogP contribution in [-0.4, -0.2) is 219 Å². The molecule has 7 aromatic rings. The fourth-order valence-corrected chi connectivity index (χ4v) is 19.7. The lowest BCUT2D eigenvalue weighted by Crippen LogP contribution is -2.66. The van der Waals surface area contributed by atoms with Gasteiger partial charge in [0.25, 0.3) is 11.4 Å². The maximum absolute atomic E-state index is 16.6. The number of carbonyl (C=O) groups is 10. The van der Waals surface area contributed by atoms with Gasteiger partial charge in [0.2, 0.25) is 59.3 Å². The molecule has 0 aromatic heterocycles. The number of phenolic OH excluding ortho intramolecular Hbond substituents is 3. The Hall–Kier alpha value is -13.6. The molecule has 728 valence electrons. The number of aryl methyl sites for hydroxylation is 1. The van der Waals surface area contributed by atoms with Gasteiger partial charge in [-0.05, 0) is 212 Å². The number of alkyl carbamates (subject to hydrolysis) is 1. The largest absolute Gasteiger partial charge is 0.508 e. The van der Waals surface area contributed by atoms with Crippen LogP contribution in [0.4, 0.5) is 21.0 Å². The van der Waals surface area contributed by atoms with Crippen molar-refractivity contribution in [2.24, 2.45) is 35.3 Å². The molecule has 18 rings (SSSR count). The van der Waals surface area contributed by atoms with Gasteiger partial charge in [-0.25, -0.2) is 9.59 Å². The molecule has 19 N–H and O–H groups in total. The molecule has 44 heteroatoms. The first-order valence-electron chi connectivity index (χ1n) is 44.3. The van der Waals surface area contributed by atoms with Crippen molar-refractivity contribution in [1.29, 1.82) is 0 Å². The van der Waals surface area contributed by atoms with E-state index in [-0.39, 0.29) is 68.8 Å². The fourth-order valence-electron chi connectivity index (χ4n) is 19.5. The summed E-state index contributed by atoms with van der Waals surface area (Å²) in [7, 11) is 1.20. The number of nitro benzene ring substituents is 2. The number of amides is 10. The number of fused-ring (bicyclic) bond motifs is 15. The molecule has 4 aliphatic carbocycles. The second kappa shape index (κ2) is 40.3. The van der Waals surface area contributed by atoms with Gasteiger partial charge in [-0.3, -0.25) is 63.5 Å². The molecular weight excluding hydrogens is 1820 g/mol. The van der Waals surface area contributed by atoms with Gasteiger partial charge < -0.3 is 132 Å². The third kappa shape index (κ3) is 21.2. The van der Waals surface area contributed by atoms with Gasteiger partial charge in [0.05, 0.1) is 39.5 Å². The van der Waals surface area contributed by atoms with E-state index in [9.17, 15) is 80.6 Å². The summed E-state index contributed by atoms with van der Waals surface area (Å²) < 4.78 is 50.6. The van der Waals surface area contributed by atoms with Crippen LogP contribution >= 0.6 is 11.6 Å². The minimum Gasteiger partial charge on any atom is -0.508 e. The first kappa shape index (κ1) is 97.9. The number of primary amides is 1. The Morgan fingerprint density at radius 3 is 1.85 bits per heavy atom. The van der Waals surface area contributed by atoms with Crippen LogP contribution in [0.5, 0.6) is 46.0 Å². The molecular formula is C93H103ClN12O31. The van der Waals surface area contributed by atoms with Crippen molar-refractivity contribution >= 4 is 82.4 Å². The maximum atomic E-state index is 16.6. The highest BCUT2D eigenvalue weighted by atomic mass is 35.5. The Bertz CT molecular complexity index is 5850. The van der Waals surface area contributed by atoms with E-state index >= 15 is 33.6 Å². The number of nitrogens with zero attached hydrogens (tertiary/aromatic N) is 3. The summed E-state index contributed by atoms with van der Waals surface area (Å²) in [6.45, 7) is 5.69. The SMILES string of the molecule is Cc1cc2ccc1Oc1cc3cc(c1O[C@@H]1O[C@H](CO)[C@@H](O)[C@H](O)[C@H]1O[C@H]1C[C@](C)(NC(=O)OCc4ccc([N+](=O)[O-])cc4)[C@H](O)[C@H](C)O1)Oc1ccc(cc1Cl)[C@@H](O)[C@@H]1NC(=O)[C@H](NC(=O)[C@@H]3NC(=O)[C@H](CC(N)=O)NC(=O)[C@H](NC(=O)[C@@H](CC(C)C)N(C)C(=O)OCc3ccc([N+](=O)[O-])cc3)[C@@H]2O)c2ccc(O)c(c2)-c2c(O)cc(O)cc2[C@@H](C(=O)NC2C3CC4CC(C3)CC2C4)NC1=O. The van der Waals surface area contributed by atoms with E-state index in [1.165, 1.54) is 101 Å². The van der Waals surface area contributed by atoms with Crippen LogP contribution in [0.25, 0.3) is 11.1 Å². The van der Waals surface area contributed by atoms with Crippen molar-refractivity contribution in [1.82, 2.24) is 47.4 Å². The van der Waals surface area contributed by atoms with Crippen LogP contribution in [0, 0.1) is 56.7 Å². The van der Waals surface area contributed by atoms with Gasteiger partial charge in [-0.15, -0.1) is 0 Å². The lowest BCUT2D eigenvalue weighted by molar-refractivity contribution is -0.385. The summed E-state index contributed by atoms with van der Waals surface area (Å²) >= 11 is 7.31. The summed E-state index contributed by atoms with van der Waals surface area (Å²) in [5.74, 6) is -14.7. The minimum absolute atomic E-state index is 0.0283. The number of hydrogen-bond donors (Lipinski definition) is 18. The lowest BCUT2D eigenvalue weighted by atomic mass is 9.54. The van der Waals surface area contributed by atoms with Crippen molar-refractivity contribution in [2.45, 2.75) is 214 Å². The number of phenols is 3. The first-order chi connectivity index (χ1) is 65.1. The van der Waals surface area contributed by atoms with Gasteiger partial charge in [0.15, 0.2) is 23.9 Å². The lowest BCUT2D eigenvalue weighted by Gasteiger charge is -2.54. The number of rotatable bonds is 21. The summed E-state index contributed by atoms with van der Waals surface area (Å²) in [5.41, 5.74) is 1.90. The predicted octanol–water partition coefficient (Wildman–Crippen LogP) is 5.45. The molecule has 7 aromatic carbocycles. The molecule has 137 heavy (non-hydrogen) atoms. The van der Waals surface area contributed by atoms with Crippen molar-refractivity contribution in [3.63, 3.8) is 0 Å². The molecule has 7 aliphatic heterocycles. The van der Waals surface area contributed by atoms with E-state index in [2.05, 4.69) is 42.5 Å². The van der Waals surface area contributed by atoms with Crippen LogP contribution in [0.1, 0.15) is 154 Å². The Morgan fingerprint density at radius 1 is 0.650 bits per heavy atom. The zero-order chi connectivity index (χ0) is 98.4. The number of carbonyl (C=O) groups excluding carboxylic acids is 10. The number of benzene rings is 7. The minimum atomic E-state index is -2.44. The fraction of sp³-hybridized carbons (Fsp3) is 0.441. The predicted molar refractivity (Wildman–Crippen MR) is 475 cm³/mol. The number of likely N-dealkylation sites (N-methyl/N-ethyl adjacent to an activating group) is 1. The zero-order valence-corrected chi connectivity index (χ0v) is 75.2. The second-order valence-electron chi connectivity index (χ2n) is 36.5. The van der Waals surface area contributed by atoms with Gasteiger partial charge in [0.1, 0.15) is 121 Å². The van der Waals surface area contributed by atoms with E-state index in [1.54, 1.807) is 13.8 Å². The highest BCUT2D eigenvalue weighted by Gasteiger charge is 2.55. The van der Waals surface area contributed by atoms with Crippen molar-refractivity contribution < 1.29 is 142 Å². The van der Waals surface area contributed by atoms with Gasteiger partial charge in [-0.2, -0.15) is 0 Å².